The number of carbonyl (C=O) groups excluding carboxylic acids is 3. The summed E-state index contributed by atoms with van der Waals surface area (Å²) in [4.78, 5) is 38.9. The van der Waals surface area contributed by atoms with Gasteiger partial charge >= 0.3 is 17.9 Å². The summed E-state index contributed by atoms with van der Waals surface area (Å²) in [7, 11) is 1.19. The number of hydrogen-bond donors (Lipinski definition) is 1. The van der Waals surface area contributed by atoms with Gasteiger partial charge in [0, 0.05) is 31.9 Å². The number of halogens is 1. The van der Waals surface area contributed by atoms with Gasteiger partial charge in [0.25, 0.3) is 0 Å². The maximum atomic E-state index is 13.4. The van der Waals surface area contributed by atoms with Gasteiger partial charge in [-0.15, -0.1) is 0 Å². The fraction of sp³-hybridized carbons (Fsp3) is 0.261. The molecule has 3 amide bonds. The SMILES string of the molecule is COC(=O)C(=O)N1CC=C(c2ccc(NC(=O)N3Cc4ccc(F)cc4C3)cc2)CC1. The molecule has 8 heteroatoms. The van der Waals surface area contributed by atoms with E-state index >= 15 is 0 Å². The maximum absolute atomic E-state index is 13.4. The number of esters is 1. The van der Waals surface area contributed by atoms with Crippen LogP contribution in [-0.4, -0.2) is 47.9 Å². The van der Waals surface area contributed by atoms with Crippen LogP contribution >= 0.6 is 0 Å². The van der Waals surface area contributed by atoms with Crippen LogP contribution in [0, 0.1) is 5.82 Å². The number of urea groups is 1. The van der Waals surface area contributed by atoms with Gasteiger partial charge in [-0.05, 0) is 52.9 Å². The zero-order valence-corrected chi connectivity index (χ0v) is 17.1. The molecular weight excluding hydrogens is 401 g/mol. The van der Waals surface area contributed by atoms with E-state index in [0.29, 0.717) is 38.3 Å². The van der Waals surface area contributed by atoms with Crippen LogP contribution in [0.3, 0.4) is 0 Å². The van der Waals surface area contributed by atoms with Crippen molar-refractivity contribution in [2.75, 3.05) is 25.5 Å². The summed E-state index contributed by atoms with van der Waals surface area (Å²) in [5.74, 6) is -1.79. The fourth-order valence-corrected chi connectivity index (χ4v) is 3.81. The number of fused-ring (bicyclic) bond motifs is 1. The Morgan fingerprint density at radius 2 is 1.74 bits per heavy atom. The van der Waals surface area contributed by atoms with Crippen molar-refractivity contribution < 1.29 is 23.5 Å². The van der Waals surface area contributed by atoms with Gasteiger partial charge in [0.1, 0.15) is 5.82 Å². The van der Waals surface area contributed by atoms with E-state index in [1.54, 1.807) is 11.0 Å². The van der Waals surface area contributed by atoms with E-state index in [0.717, 1.165) is 22.3 Å². The highest BCUT2D eigenvalue weighted by Crippen LogP contribution is 2.26. The van der Waals surface area contributed by atoms with Gasteiger partial charge < -0.3 is 19.9 Å². The van der Waals surface area contributed by atoms with Crippen LogP contribution in [0.5, 0.6) is 0 Å². The first-order chi connectivity index (χ1) is 14.9. The van der Waals surface area contributed by atoms with Gasteiger partial charge in [0.2, 0.25) is 0 Å². The van der Waals surface area contributed by atoms with Crippen molar-refractivity contribution in [1.29, 1.82) is 0 Å². The van der Waals surface area contributed by atoms with Crippen molar-refractivity contribution in [1.82, 2.24) is 9.80 Å². The molecule has 0 aromatic heterocycles. The number of nitrogens with one attached hydrogen (secondary N) is 1. The number of ether oxygens (including phenoxy) is 1. The van der Waals surface area contributed by atoms with Gasteiger partial charge in [-0.3, -0.25) is 4.79 Å². The van der Waals surface area contributed by atoms with Crippen LogP contribution in [0.1, 0.15) is 23.1 Å². The lowest BCUT2D eigenvalue weighted by molar-refractivity contribution is -0.157. The third-order valence-electron chi connectivity index (χ3n) is 5.54. The second-order valence-corrected chi connectivity index (χ2v) is 7.50. The molecule has 160 valence electrons. The van der Waals surface area contributed by atoms with Crippen molar-refractivity contribution in [2.24, 2.45) is 0 Å². The van der Waals surface area contributed by atoms with Crippen molar-refractivity contribution in [3.63, 3.8) is 0 Å². The Kier molecular flexibility index (Phi) is 5.70. The van der Waals surface area contributed by atoms with E-state index in [-0.39, 0.29) is 11.8 Å². The second kappa shape index (κ2) is 8.59. The summed E-state index contributed by atoms with van der Waals surface area (Å²) in [5.41, 5.74) is 4.51. The Morgan fingerprint density at radius 1 is 1.00 bits per heavy atom. The normalized spacial score (nSPS) is 15.2. The molecule has 2 heterocycles. The number of carbonyl (C=O) groups is 3. The quantitative estimate of drug-likeness (QED) is 0.595. The molecule has 7 nitrogen and oxygen atoms in total. The van der Waals surface area contributed by atoms with Gasteiger partial charge in [0.05, 0.1) is 7.11 Å². The number of methoxy groups -OCH3 is 1. The molecule has 2 aromatic rings. The molecular formula is C23H22FN3O4. The molecule has 0 saturated heterocycles. The summed E-state index contributed by atoms with van der Waals surface area (Å²) < 4.78 is 17.9. The van der Waals surface area contributed by atoms with E-state index in [4.69, 9.17) is 0 Å². The number of hydrogen-bond acceptors (Lipinski definition) is 4. The summed E-state index contributed by atoms with van der Waals surface area (Å²) in [6, 6.07) is 11.8. The average Bonchev–Trinajstić information content (AvgIpc) is 3.22. The van der Waals surface area contributed by atoms with Crippen LogP contribution in [-0.2, 0) is 27.4 Å². The van der Waals surface area contributed by atoms with Crippen LogP contribution < -0.4 is 5.32 Å². The molecule has 0 radical (unpaired) electrons. The summed E-state index contributed by atoms with van der Waals surface area (Å²) >= 11 is 0. The van der Waals surface area contributed by atoms with E-state index in [2.05, 4.69) is 10.1 Å². The van der Waals surface area contributed by atoms with Crippen molar-refractivity contribution in [3.05, 3.63) is 71.0 Å². The smallest absolute Gasteiger partial charge is 0.396 e. The lowest BCUT2D eigenvalue weighted by atomic mass is 9.99. The third-order valence-corrected chi connectivity index (χ3v) is 5.54. The number of nitrogens with zero attached hydrogens (tertiary/aromatic N) is 2. The predicted octanol–water partition coefficient (Wildman–Crippen LogP) is 3.16. The van der Waals surface area contributed by atoms with Crippen LogP contribution in [0.25, 0.3) is 5.57 Å². The van der Waals surface area contributed by atoms with E-state index in [1.165, 1.54) is 24.1 Å². The molecule has 2 aliphatic rings. The summed E-state index contributed by atoms with van der Waals surface area (Å²) in [6.07, 6.45) is 2.54. The number of anilines is 1. The molecule has 4 rings (SSSR count). The van der Waals surface area contributed by atoms with Crippen molar-refractivity contribution in [2.45, 2.75) is 19.5 Å². The van der Waals surface area contributed by atoms with Crippen molar-refractivity contribution in [3.8, 4) is 0 Å². The van der Waals surface area contributed by atoms with Gasteiger partial charge in [0.15, 0.2) is 0 Å². The zero-order valence-electron chi connectivity index (χ0n) is 17.1. The minimum atomic E-state index is -0.858. The van der Waals surface area contributed by atoms with Gasteiger partial charge in [-0.1, -0.05) is 24.3 Å². The lowest BCUT2D eigenvalue weighted by Gasteiger charge is -2.25. The molecule has 0 unspecified atom stereocenters. The highest BCUT2D eigenvalue weighted by atomic mass is 19.1. The van der Waals surface area contributed by atoms with E-state index in [1.807, 2.05) is 30.3 Å². The Bertz CT molecular complexity index is 1060. The van der Waals surface area contributed by atoms with Gasteiger partial charge in [-0.2, -0.15) is 0 Å². The number of rotatable bonds is 2. The zero-order chi connectivity index (χ0) is 22.0. The van der Waals surface area contributed by atoms with E-state index < -0.39 is 11.9 Å². The Morgan fingerprint density at radius 3 is 2.42 bits per heavy atom. The van der Waals surface area contributed by atoms with E-state index in [9.17, 15) is 18.8 Å². The molecule has 0 fully saturated rings. The maximum Gasteiger partial charge on any atom is 0.396 e. The molecule has 0 spiro atoms. The second-order valence-electron chi connectivity index (χ2n) is 7.50. The Labute approximate surface area is 179 Å². The minimum absolute atomic E-state index is 0.238. The molecule has 2 aromatic carbocycles. The van der Waals surface area contributed by atoms with Crippen LogP contribution in [0.2, 0.25) is 0 Å². The van der Waals surface area contributed by atoms with Crippen LogP contribution in [0.4, 0.5) is 14.9 Å². The predicted molar refractivity (Wildman–Crippen MR) is 112 cm³/mol. The highest BCUT2D eigenvalue weighted by Gasteiger charge is 2.25. The summed E-state index contributed by atoms with van der Waals surface area (Å²) in [6.45, 7) is 1.62. The topological polar surface area (TPSA) is 79.0 Å². The fourth-order valence-electron chi connectivity index (χ4n) is 3.81. The third kappa shape index (κ3) is 4.42. The molecule has 0 atom stereocenters. The average molecular weight is 423 g/mol. The first-order valence-corrected chi connectivity index (χ1v) is 9.94. The number of amides is 3. The molecule has 0 bridgehead atoms. The lowest BCUT2D eigenvalue weighted by Crippen LogP contribution is -2.39. The molecule has 2 aliphatic heterocycles. The standard InChI is InChI=1S/C23H22FN3O4/c1-31-22(29)21(28)26-10-8-16(9-11-26)15-3-6-20(7-4-15)25-23(30)27-13-17-2-5-19(24)12-18(17)14-27/h2-8,12H,9-11,13-14H2,1H3,(H,25,30). The van der Waals surface area contributed by atoms with Crippen LogP contribution in [0.15, 0.2) is 48.5 Å². The summed E-state index contributed by atoms with van der Waals surface area (Å²) in [5, 5.41) is 2.87. The molecule has 1 N–H and O–H groups in total. The monoisotopic (exact) mass is 423 g/mol. The first kappa shape index (κ1) is 20.6. The molecule has 0 aliphatic carbocycles. The molecule has 31 heavy (non-hydrogen) atoms. The van der Waals surface area contributed by atoms with Gasteiger partial charge in [-0.25, -0.2) is 14.0 Å². The minimum Gasteiger partial charge on any atom is -0.462 e. The van der Waals surface area contributed by atoms with Crippen molar-refractivity contribution >= 4 is 29.2 Å². The largest absolute Gasteiger partial charge is 0.462 e. The number of benzene rings is 2. The highest BCUT2D eigenvalue weighted by molar-refractivity contribution is 6.32. The Balaban J connectivity index is 1.35. The first-order valence-electron chi connectivity index (χ1n) is 9.94. The molecule has 0 saturated carbocycles. The Hall–Kier alpha value is -3.68.